The van der Waals surface area contributed by atoms with E-state index in [2.05, 4.69) is 6.58 Å². The monoisotopic (exact) mass is 403 g/mol. The number of hydrogen-bond acceptors (Lipinski definition) is 4. The van der Waals surface area contributed by atoms with Gasteiger partial charge in [0.05, 0.1) is 18.3 Å². The second-order valence-corrected chi connectivity index (χ2v) is 6.87. The molecule has 0 unspecified atom stereocenters. The molecule has 1 aliphatic rings. The van der Waals surface area contributed by atoms with E-state index in [9.17, 15) is 9.59 Å². The van der Waals surface area contributed by atoms with Crippen LogP contribution in [-0.2, 0) is 20.7 Å². The Kier molecular flexibility index (Phi) is 6.86. The lowest BCUT2D eigenvalue weighted by Gasteiger charge is -2.17. The van der Waals surface area contributed by atoms with Crippen molar-refractivity contribution in [1.82, 2.24) is 4.90 Å². The summed E-state index contributed by atoms with van der Waals surface area (Å²) in [4.78, 5) is 27.2. The van der Waals surface area contributed by atoms with Gasteiger partial charge in [0.2, 0.25) is 0 Å². The minimum absolute atomic E-state index is 0.198. The predicted octanol–water partition coefficient (Wildman–Crippen LogP) is 4.17. The standard InChI is InChI=1S/C25H25NO4/c1-4-16-30-21-12-10-20(11-13-21)17-22-23(25(28)29-3)18(2)26(24(22)27)15-14-19-8-6-5-7-9-19/h4-13,17H,1,14-16H2,2-3H3/b22-17-. The van der Waals surface area contributed by atoms with Crippen molar-refractivity contribution >= 4 is 18.0 Å². The van der Waals surface area contributed by atoms with Crippen LogP contribution >= 0.6 is 0 Å². The zero-order valence-electron chi connectivity index (χ0n) is 17.3. The Morgan fingerprint density at radius 3 is 2.43 bits per heavy atom. The Hall–Kier alpha value is -3.60. The maximum Gasteiger partial charge on any atom is 0.340 e. The maximum atomic E-state index is 13.2. The highest BCUT2D eigenvalue weighted by molar-refractivity contribution is 6.16. The largest absolute Gasteiger partial charge is 0.490 e. The minimum Gasteiger partial charge on any atom is -0.490 e. The quantitative estimate of drug-likeness (QED) is 0.377. The van der Waals surface area contributed by atoms with Crippen LogP contribution in [0.15, 0.2) is 84.1 Å². The van der Waals surface area contributed by atoms with Gasteiger partial charge in [-0.3, -0.25) is 4.79 Å². The molecule has 1 aliphatic heterocycles. The fourth-order valence-electron chi connectivity index (χ4n) is 3.37. The molecule has 1 amide bonds. The Morgan fingerprint density at radius 2 is 1.80 bits per heavy atom. The molecule has 0 aromatic heterocycles. The van der Waals surface area contributed by atoms with Gasteiger partial charge in [-0.05, 0) is 42.7 Å². The van der Waals surface area contributed by atoms with Crippen LogP contribution in [0.2, 0.25) is 0 Å². The van der Waals surface area contributed by atoms with E-state index < -0.39 is 5.97 Å². The number of esters is 1. The van der Waals surface area contributed by atoms with Crippen molar-refractivity contribution in [3.8, 4) is 5.75 Å². The first kappa shape index (κ1) is 21.1. The molecule has 0 N–H and O–H groups in total. The van der Waals surface area contributed by atoms with Crippen LogP contribution in [0, 0.1) is 0 Å². The van der Waals surface area contributed by atoms with Crippen LogP contribution < -0.4 is 4.74 Å². The Labute approximate surface area is 176 Å². The summed E-state index contributed by atoms with van der Waals surface area (Å²) < 4.78 is 10.4. The van der Waals surface area contributed by atoms with Gasteiger partial charge in [0.25, 0.3) is 5.91 Å². The molecule has 3 rings (SSSR count). The Balaban J connectivity index is 1.87. The van der Waals surface area contributed by atoms with Crippen LogP contribution in [0.25, 0.3) is 6.08 Å². The number of methoxy groups -OCH3 is 1. The van der Waals surface area contributed by atoms with Gasteiger partial charge < -0.3 is 14.4 Å². The number of nitrogens with zero attached hydrogens (tertiary/aromatic N) is 1. The molecule has 0 fully saturated rings. The van der Waals surface area contributed by atoms with Gasteiger partial charge in [-0.15, -0.1) is 0 Å². The van der Waals surface area contributed by atoms with Crippen LogP contribution in [0.3, 0.4) is 0 Å². The molecule has 2 aromatic carbocycles. The molecule has 0 saturated carbocycles. The molecular weight excluding hydrogens is 378 g/mol. The van der Waals surface area contributed by atoms with Crippen LogP contribution in [0.5, 0.6) is 5.75 Å². The van der Waals surface area contributed by atoms with E-state index in [0.717, 1.165) is 11.1 Å². The normalized spacial score (nSPS) is 14.9. The van der Waals surface area contributed by atoms with E-state index in [4.69, 9.17) is 9.47 Å². The predicted molar refractivity (Wildman–Crippen MR) is 117 cm³/mol. The highest BCUT2D eigenvalue weighted by Gasteiger charge is 2.36. The SMILES string of the molecule is C=CCOc1ccc(/C=C2\C(=O)N(CCc3ccccc3)C(C)=C2C(=O)OC)cc1. The summed E-state index contributed by atoms with van der Waals surface area (Å²) >= 11 is 0. The number of amides is 1. The van der Waals surface area contributed by atoms with Crippen molar-refractivity contribution in [3.63, 3.8) is 0 Å². The molecule has 5 heteroatoms. The molecule has 0 atom stereocenters. The van der Waals surface area contributed by atoms with E-state index in [-0.39, 0.29) is 5.91 Å². The van der Waals surface area contributed by atoms with Crippen molar-refractivity contribution in [2.75, 3.05) is 20.3 Å². The number of allylic oxidation sites excluding steroid dienone is 1. The van der Waals surface area contributed by atoms with Gasteiger partial charge >= 0.3 is 5.97 Å². The van der Waals surface area contributed by atoms with Crippen LogP contribution in [-0.4, -0.2) is 37.0 Å². The zero-order valence-corrected chi connectivity index (χ0v) is 17.3. The van der Waals surface area contributed by atoms with Crippen LogP contribution in [0.1, 0.15) is 18.1 Å². The maximum absolute atomic E-state index is 13.2. The van der Waals surface area contributed by atoms with Crippen molar-refractivity contribution in [3.05, 3.63) is 95.2 Å². The van der Waals surface area contributed by atoms with E-state index in [0.29, 0.717) is 42.2 Å². The highest BCUT2D eigenvalue weighted by atomic mass is 16.5. The topological polar surface area (TPSA) is 55.8 Å². The molecule has 30 heavy (non-hydrogen) atoms. The Bertz CT molecular complexity index is 988. The lowest BCUT2D eigenvalue weighted by atomic mass is 10.0. The average molecular weight is 403 g/mol. The molecule has 154 valence electrons. The fourth-order valence-corrected chi connectivity index (χ4v) is 3.37. The van der Waals surface area contributed by atoms with Gasteiger partial charge in [0, 0.05) is 12.2 Å². The second-order valence-electron chi connectivity index (χ2n) is 6.87. The molecule has 1 heterocycles. The van der Waals surface area contributed by atoms with Gasteiger partial charge in [-0.25, -0.2) is 4.79 Å². The number of ether oxygens (including phenoxy) is 2. The van der Waals surface area contributed by atoms with Crippen LogP contribution in [0.4, 0.5) is 0 Å². The van der Waals surface area contributed by atoms with E-state index in [1.165, 1.54) is 7.11 Å². The fraction of sp³-hybridized carbons (Fsp3) is 0.200. The lowest BCUT2D eigenvalue weighted by Crippen LogP contribution is -2.27. The number of carbonyl (C=O) groups excluding carboxylic acids is 2. The molecule has 0 saturated heterocycles. The first-order chi connectivity index (χ1) is 14.5. The smallest absolute Gasteiger partial charge is 0.340 e. The number of rotatable bonds is 8. The molecule has 0 spiro atoms. The molecule has 0 aliphatic carbocycles. The lowest BCUT2D eigenvalue weighted by molar-refractivity contribution is -0.136. The summed E-state index contributed by atoms with van der Waals surface area (Å²) in [6, 6.07) is 17.3. The van der Waals surface area contributed by atoms with Crippen molar-refractivity contribution < 1.29 is 19.1 Å². The first-order valence-corrected chi connectivity index (χ1v) is 9.76. The second kappa shape index (κ2) is 9.74. The third-order valence-electron chi connectivity index (χ3n) is 4.93. The molecule has 2 aromatic rings. The molecule has 5 nitrogen and oxygen atoms in total. The third kappa shape index (κ3) is 4.69. The van der Waals surface area contributed by atoms with Gasteiger partial charge in [-0.2, -0.15) is 0 Å². The van der Waals surface area contributed by atoms with E-state index in [1.807, 2.05) is 54.6 Å². The summed E-state index contributed by atoms with van der Waals surface area (Å²) in [6.07, 6.45) is 4.09. The van der Waals surface area contributed by atoms with Crippen molar-refractivity contribution in [2.45, 2.75) is 13.3 Å². The van der Waals surface area contributed by atoms with Crippen molar-refractivity contribution in [2.24, 2.45) is 0 Å². The molecular formula is C25H25NO4. The highest BCUT2D eigenvalue weighted by Crippen LogP contribution is 2.32. The zero-order chi connectivity index (χ0) is 21.5. The number of carbonyl (C=O) groups is 2. The molecule has 0 bridgehead atoms. The summed E-state index contributed by atoms with van der Waals surface area (Å²) in [6.45, 7) is 6.31. The number of hydrogen-bond donors (Lipinski definition) is 0. The molecule has 0 radical (unpaired) electrons. The summed E-state index contributed by atoms with van der Waals surface area (Å²) in [5.41, 5.74) is 3.18. The summed E-state index contributed by atoms with van der Waals surface area (Å²) in [5, 5.41) is 0. The summed E-state index contributed by atoms with van der Waals surface area (Å²) in [7, 11) is 1.32. The minimum atomic E-state index is -0.514. The average Bonchev–Trinajstić information content (AvgIpc) is 3.01. The van der Waals surface area contributed by atoms with E-state index in [1.54, 1.807) is 24.0 Å². The Morgan fingerprint density at radius 1 is 1.10 bits per heavy atom. The van der Waals surface area contributed by atoms with E-state index >= 15 is 0 Å². The van der Waals surface area contributed by atoms with Gasteiger partial charge in [0.1, 0.15) is 12.4 Å². The first-order valence-electron chi connectivity index (χ1n) is 9.76. The van der Waals surface area contributed by atoms with Gasteiger partial charge in [0.15, 0.2) is 0 Å². The van der Waals surface area contributed by atoms with Crippen molar-refractivity contribution in [1.29, 1.82) is 0 Å². The third-order valence-corrected chi connectivity index (χ3v) is 4.93. The summed E-state index contributed by atoms with van der Waals surface area (Å²) in [5.74, 6) is -0.00439. The van der Waals surface area contributed by atoms with Gasteiger partial charge in [-0.1, -0.05) is 55.1 Å². The number of benzene rings is 2.